The number of nitrogens with zero attached hydrogens (tertiary/aromatic N) is 3. The summed E-state index contributed by atoms with van der Waals surface area (Å²) in [6, 6.07) is 10.7. The zero-order valence-electron chi connectivity index (χ0n) is 17.6. The Morgan fingerprint density at radius 3 is 2.61 bits per heavy atom. The van der Waals surface area contributed by atoms with E-state index in [-0.39, 0.29) is 18.3 Å². The molecule has 1 saturated heterocycles. The first-order valence-electron chi connectivity index (χ1n) is 10.7. The quantitative estimate of drug-likeness (QED) is 0.456. The Balaban J connectivity index is 1.42. The second kappa shape index (κ2) is 8.32. The average molecular weight is 451 g/mol. The highest BCUT2D eigenvalue weighted by molar-refractivity contribution is 5.90. The molecule has 9 heteroatoms. The normalized spacial score (nSPS) is 16.4. The van der Waals surface area contributed by atoms with Gasteiger partial charge in [-0.25, -0.2) is 4.39 Å². The average Bonchev–Trinajstić information content (AvgIpc) is 3.36. The molecule has 4 aromatic rings. The van der Waals surface area contributed by atoms with Gasteiger partial charge in [-0.15, -0.1) is 0 Å². The van der Waals surface area contributed by atoms with Crippen LogP contribution in [0.25, 0.3) is 21.9 Å². The fourth-order valence-electron chi connectivity index (χ4n) is 4.91. The summed E-state index contributed by atoms with van der Waals surface area (Å²) >= 11 is 0. The van der Waals surface area contributed by atoms with E-state index in [0.717, 1.165) is 16.5 Å². The number of carbonyl (C=O) groups is 2. The Hall–Kier alpha value is -3.72. The first-order valence-corrected chi connectivity index (χ1v) is 10.7. The van der Waals surface area contributed by atoms with Crippen molar-refractivity contribution in [2.24, 2.45) is 0 Å². The van der Waals surface area contributed by atoms with E-state index in [9.17, 15) is 24.2 Å². The summed E-state index contributed by atoms with van der Waals surface area (Å²) in [6.07, 6.45) is 3.00. The summed E-state index contributed by atoms with van der Waals surface area (Å²) in [5.74, 6) is -2.27. The number of carboxylic acids is 2. The van der Waals surface area contributed by atoms with Crippen molar-refractivity contribution in [3.63, 3.8) is 0 Å². The Kier molecular flexibility index (Phi) is 5.33. The summed E-state index contributed by atoms with van der Waals surface area (Å²) in [7, 11) is 0. The van der Waals surface area contributed by atoms with Crippen LogP contribution in [0, 0.1) is 5.82 Å². The van der Waals surface area contributed by atoms with Gasteiger partial charge in [0, 0.05) is 40.0 Å². The van der Waals surface area contributed by atoms with Crippen LogP contribution in [0.15, 0.2) is 53.2 Å². The van der Waals surface area contributed by atoms with Gasteiger partial charge in [0.25, 0.3) is 0 Å². The third-order valence-corrected chi connectivity index (χ3v) is 6.40. The molecule has 170 valence electrons. The van der Waals surface area contributed by atoms with Crippen LogP contribution in [-0.4, -0.2) is 49.9 Å². The minimum absolute atomic E-state index is 0.0794. The molecule has 1 aliphatic heterocycles. The number of hydrogen-bond donors (Lipinski definition) is 2. The van der Waals surface area contributed by atoms with Gasteiger partial charge < -0.3 is 19.3 Å². The van der Waals surface area contributed by atoms with E-state index in [4.69, 9.17) is 4.52 Å². The van der Waals surface area contributed by atoms with Crippen LogP contribution in [0.3, 0.4) is 0 Å². The number of para-hydroxylation sites is 1. The van der Waals surface area contributed by atoms with E-state index in [1.165, 1.54) is 12.1 Å². The smallest absolute Gasteiger partial charge is 0.325 e. The van der Waals surface area contributed by atoms with Crippen LogP contribution in [0.4, 0.5) is 4.39 Å². The van der Waals surface area contributed by atoms with Crippen molar-refractivity contribution in [1.29, 1.82) is 0 Å². The third kappa shape index (κ3) is 3.84. The van der Waals surface area contributed by atoms with E-state index in [1.54, 1.807) is 29.0 Å². The fourth-order valence-corrected chi connectivity index (χ4v) is 4.91. The van der Waals surface area contributed by atoms with Gasteiger partial charge in [-0.1, -0.05) is 23.4 Å². The molecule has 3 heterocycles. The standard InChI is InChI=1S/C24H22FN3O5/c25-15-5-6-17-20(11-15)33-26-22(17)14-7-9-27(10-8-14)23(24(31)32)18-12-28(13-21(29)30)19-4-2-1-3-16(18)19/h1-6,11-12,14,23H,7-10,13H2,(H,29,30)(H,31,32)/t23-/m1/s1. The van der Waals surface area contributed by atoms with Crippen molar-refractivity contribution < 1.29 is 28.7 Å². The van der Waals surface area contributed by atoms with Crippen molar-refractivity contribution in [1.82, 2.24) is 14.6 Å². The molecule has 5 rings (SSSR count). The van der Waals surface area contributed by atoms with Gasteiger partial charge in [0.2, 0.25) is 0 Å². The Morgan fingerprint density at radius 2 is 1.88 bits per heavy atom. The Labute approximate surface area is 187 Å². The number of halogens is 1. The molecule has 0 radical (unpaired) electrons. The van der Waals surface area contributed by atoms with E-state index >= 15 is 0 Å². The van der Waals surface area contributed by atoms with E-state index in [0.29, 0.717) is 42.6 Å². The maximum absolute atomic E-state index is 13.5. The number of piperidine rings is 1. The molecule has 2 N–H and O–H groups in total. The summed E-state index contributed by atoms with van der Waals surface area (Å²) in [6.45, 7) is 0.806. The van der Waals surface area contributed by atoms with Crippen molar-refractivity contribution in [3.8, 4) is 0 Å². The molecule has 2 aromatic carbocycles. The zero-order chi connectivity index (χ0) is 23.1. The molecule has 0 saturated carbocycles. The Bertz CT molecular complexity index is 1350. The molecule has 0 aliphatic carbocycles. The van der Waals surface area contributed by atoms with Crippen LogP contribution in [-0.2, 0) is 16.1 Å². The number of benzene rings is 2. The number of hydrogen-bond acceptors (Lipinski definition) is 5. The largest absolute Gasteiger partial charge is 0.480 e. The summed E-state index contributed by atoms with van der Waals surface area (Å²) in [5.41, 5.74) is 2.45. The molecule has 2 aromatic heterocycles. The molecular formula is C24H22FN3O5. The predicted octanol–water partition coefficient (Wildman–Crippen LogP) is 4.01. The summed E-state index contributed by atoms with van der Waals surface area (Å²) in [5, 5.41) is 25.0. The lowest BCUT2D eigenvalue weighted by atomic mass is 9.90. The maximum Gasteiger partial charge on any atom is 0.325 e. The number of fused-ring (bicyclic) bond motifs is 2. The SMILES string of the molecule is O=C(O)Cn1cc([C@H](C(=O)O)N2CCC(c3noc4cc(F)ccc34)CC2)c2ccccc21. The number of likely N-dealkylation sites (tertiary alicyclic amines) is 1. The molecule has 33 heavy (non-hydrogen) atoms. The van der Waals surface area contributed by atoms with Gasteiger partial charge in [0.15, 0.2) is 5.58 Å². The maximum atomic E-state index is 13.5. The lowest BCUT2D eigenvalue weighted by molar-refractivity contribution is -0.144. The molecule has 1 fully saturated rings. The predicted molar refractivity (Wildman–Crippen MR) is 117 cm³/mol. The van der Waals surface area contributed by atoms with Crippen LogP contribution in [0.1, 0.15) is 36.1 Å². The first kappa shape index (κ1) is 21.1. The summed E-state index contributed by atoms with van der Waals surface area (Å²) < 4.78 is 20.3. The minimum Gasteiger partial charge on any atom is -0.480 e. The van der Waals surface area contributed by atoms with Gasteiger partial charge in [-0.3, -0.25) is 14.5 Å². The molecule has 1 atom stereocenters. The lowest BCUT2D eigenvalue weighted by Crippen LogP contribution is -2.39. The van der Waals surface area contributed by atoms with Crippen molar-refractivity contribution >= 4 is 33.8 Å². The first-order chi connectivity index (χ1) is 15.9. The van der Waals surface area contributed by atoms with Gasteiger partial charge in [-0.05, 0) is 44.1 Å². The molecular weight excluding hydrogens is 429 g/mol. The molecule has 0 amide bonds. The highest BCUT2D eigenvalue weighted by Crippen LogP contribution is 2.37. The van der Waals surface area contributed by atoms with Gasteiger partial charge in [0.1, 0.15) is 18.4 Å². The van der Waals surface area contributed by atoms with Crippen LogP contribution >= 0.6 is 0 Å². The van der Waals surface area contributed by atoms with Crippen molar-refractivity contribution in [3.05, 3.63) is 65.7 Å². The van der Waals surface area contributed by atoms with Gasteiger partial charge in [-0.2, -0.15) is 0 Å². The number of carboxylic acid groups (broad SMARTS) is 2. The van der Waals surface area contributed by atoms with Crippen LogP contribution < -0.4 is 0 Å². The molecule has 8 nitrogen and oxygen atoms in total. The fraction of sp³-hybridized carbons (Fsp3) is 0.292. The summed E-state index contributed by atoms with van der Waals surface area (Å²) in [4.78, 5) is 25.6. The molecule has 1 aliphatic rings. The highest BCUT2D eigenvalue weighted by atomic mass is 19.1. The van der Waals surface area contributed by atoms with Crippen LogP contribution in [0.2, 0.25) is 0 Å². The number of aliphatic carboxylic acids is 2. The lowest BCUT2D eigenvalue weighted by Gasteiger charge is -2.35. The van der Waals surface area contributed by atoms with Crippen LogP contribution in [0.5, 0.6) is 0 Å². The van der Waals surface area contributed by atoms with E-state index in [2.05, 4.69) is 5.16 Å². The minimum atomic E-state index is -0.991. The zero-order valence-corrected chi connectivity index (χ0v) is 17.6. The van der Waals surface area contributed by atoms with E-state index < -0.39 is 18.0 Å². The van der Waals surface area contributed by atoms with E-state index in [1.807, 2.05) is 17.0 Å². The molecule has 0 bridgehead atoms. The monoisotopic (exact) mass is 451 g/mol. The Morgan fingerprint density at radius 1 is 1.12 bits per heavy atom. The third-order valence-electron chi connectivity index (χ3n) is 6.40. The van der Waals surface area contributed by atoms with Gasteiger partial charge in [0.05, 0.1) is 5.69 Å². The number of aromatic nitrogens is 2. The highest BCUT2D eigenvalue weighted by Gasteiger charge is 2.34. The number of rotatable bonds is 6. The molecule has 0 spiro atoms. The molecule has 0 unspecified atom stereocenters. The van der Waals surface area contributed by atoms with Gasteiger partial charge >= 0.3 is 11.9 Å². The van der Waals surface area contributed by atoms with Crippen molar-refractivity contribution in [2.75, 3.05) is 13.1 Å². The second-order valence-electron chi connectivity index (χ2n) is 8.38. The topological polar surface area (TPSA) is 109 Å². The second-order valence-corrected chi connectivity index (χ2v) is 8.38. The van der Waals surface area contributed by atoms with Crippen molar-refractivity contribution in [2.45, 2.75) is 31.3 Å².